The highest BCUT2D eigenvalue weighted by molar-refractivity contribution is 5.66. The van der Waals surface area contributed by atoms with E-state index in [0.29, 0.717) is 0 Å². The molecule has 0 bridgehead atoms. The van der Waals surface area contributed by atoms with Crippen molar-refractivity contribution >= 4 is 11.6 Å². The van der Waals surface area contributed by atoms with Crippen LogP contribution in [0, 0.1) is 6.92 Å². The maximum Gasteiger partial charge on any atom is -0.0225 e. The van der Waals surface area contributed by atoms with Crippen molar-refractivity contribution in [3.05, 3.63) is 47.5 Å². The van der Waals surface area contributed by atoms with E-state index in [1.165, 1.54) is 16.7 Å². The second kappa shape index (κ2) is 4.08. The minimum absolute atomic E-state index is 1.12. The van der Waals surface area contributed by atoms with Crippen molar-refractivity contribution in [3.63, 3.8) is 0 Å². The molecule has 0 aromatic heterocycles. The first-order valence-electron chi connectivity index (χ1n) is 4.54. The largest absolute Gasteiger partial charge is 0.0955 e. The van der Waals surface area contributed by atoms with Gasteiger partial charge in [-0.05, 0) is 43.5 Å². The first-order chi connectivity index (χ1) is 6.15. The number of aryl methyl sites for hydroxylation is 1. The molecule has 0 saturated heterocycles. The molecule has 0 aliphatic rings. The second-order valence-corrected chi connectivity index (χ2v) is 3.35. The average molecular weight is 172 g/mol. The molecule has 0 heterocycles. The molecule has 0 aliphatic heterocycles. The fourth-order valence-electron chi connectivity index (χ4n) is 1.27. The van der Waals surface area contributed by atoms with Gasteiger partial charge in [0.2, 0.25) is 0 Å². The molecular weight excluding hydrogens is 156 g/mol. The van der Waals surface area contributed by atoms with Crippen LogP contribution >= 0.6 is 0 Å². The third kappa shape index (κ3) is 2.32. The molecule has 0 aliphatic carbocycles. The van der Waals surface area contributed by atoms with Gasteiger partial charge in [0.05, 0.1) is 0 Å². The molecule has 13 heavy (non-hydrogen) atoms. The maximum atomic E-state index is 3.93. The SMILES string of the molecule is C=C(C)c1ccc(C)c(/C=C/C)c1. The molecule has 0 amide bonds. The Hall–Kier alpha value is -1.30. The molecule has 1 aromatic rings. The lowest BCUT2D eigenvalue weighted by molar-refractivity contribution is 1.42. The van der Waals surface area contributed by atoms with Crippen LogP contribution in [0.5, 0.6) is 0 Å². The topological polar surface area (TPSA) is 0 Å². The number of hydrogen-bond donors (Lipinski definition) is 0. The van der Waals surface area contributed by atoms with Crippen LogP contribution in [-0.2, 0) is 0 Å². The third-order valence-corrected chi connectivity index (χ3v) is 2.12. The molecular formula is C13H16. The van der Waals surface area contributed by atoms with Crippen LogP contribution in [0.25, 0.3) is 11.6 Å². The first kappa shape index (κ1) is 9.79. The molecule has 0 saturated carbocycles. The van der Waals surface area contributed by atoms with Crippen LogP contribution in [0.2, 0.25) is 0 Å². The van der Waals surface area contributed by atoms with Gasteiger partial charge in [-0.2, -0.15) is 0 Å². The number of rotatable bonds is 2. The van der Waals surface area contributed by atoms with E-state index in [2.05, 4.69) is 43.9 Å². The van der Waals surface area contributed by atoms with E-state index in [1.807, 2.05) is 13.8 Å². The standard InChI is InChI=1S/C13H16/c1-5-6-13-9-12(10(2)3)8-7-11(13)4/h5-9H,2H2,1,3-4H3/b6-5+. The third-order valence-electron chi connectivity index (χ3n) is 2.12. The highest BCUT2D eigenvalue weighted by atomic mass is 14.0. The molecule has 0 atom stereocenters. The Balaban J connectivity index is 3.18. The van der Waals surface area contributed by atoms with E-state index in [1.54, 1.807) is 0 Å². The molecule has 1 rings (SSSR count). The van der Waals surface area contributed by atoms with Crippen LogP contribution < -0.4 is 0 Å². The predicted molar refractivity (Wildman–Crippen MR) is 60.6 cm³/mol. The molecule has 0 heteroatoms. The monoisotopic (exact) mass is 172 g/mol. The first-order valence-corrected chi connectivity index (χ1v) is 4.54. The number of hydrogen-bond acceptors (Lipinski definition) is 0. The van der Waals surface area contributed by atoms with Gasteiger partial charge in [0.1, 0.15) is 0 Å². The quantitative estimate of drug-likeness (QED) is 0.631. The van der Waals surface area contributed by atoms with Crippen LogP contribution in [-0.4, -0.2) is 0 Å². The van der Waals surface area contributed by atoms with Gasteiger partial charge in [0.25, 0.3) is 0 Å². The molecule has 1 aromatic carbocycles. The summed E-state index contributed by atoms with van der Waals surface area (Å²) in [4.78, 5) is 0. The molecule has 68 valence electrons. The fraction of sp³-hybridized carbons (Fsp3) is 0.231. The molecule has 0 radical (unpaired) electrons. The zero-order valence-electron chi connectivity index (χ0n) is 8.59. The van der Waals surface area contributed by atoms with Crippen LogP contribution in [0.4, 0.5) is 0 Å². The van der Waals surface area contributed by atoms with Crippen molar-refractivity contribution < 1.29 is 0 Å². The number of allylic oxidation sites excluding steroid dienone is 2. The Labute approximate surface area is 80.6 Å². The van der Waals surface area contributed by atoms with Crippen molar-refractivity contribution in [3.8, 4) is 0 Å². The summed E-state index contributed by atoms with van der Waals surface area (Å²) in [6.45, 7) is 10.1. The Morgan fingerprint density at radius 2 is 2.08 bits per heavy atom. The lowest BCUT2D eigenvalue weighted by atomic mass is 10.0. The maximum absolute atomic E-state index is 3.93. The molecule has 0 spiro atoms. The summed E-state index contributed by atoms with van der Waals surface area (Å²) in [6, 6.07) is 6.43. The predicted octanol–water partition coefficient (Wildman–Crippen LogP) is 4.06. The Kier molecular flexibility index (Phi) is 3.07. The van der Waals surface area contributed by atoms with Crippen molar-refractivity contribution in [2.75, 3.05) is 0 Å². The van der Waals surface area contributed by atoms with Gasteiger partial charge in [0.15, 0.2) is 0 Å². The van der Waals surface area contributed by atoms with Crippen LogP contribution in [0.15, 0.2) is 30.9 Å². The highest BCUT2D eigenvalue weighted by Crippen LogP contribution is 2.17. The Morgan fingerprint density at radius 3 is 2.62 bits per heavy atom. The Bertz CT molecular complexity index is 343. The second-order valence-electron chi connectivity index (χ2n) is 3.35. The van der Waals surface area contributed by atoms with Crippen LogP contribution in [0.3, 0.4) is 0 Å². The summed E-state index contributed by atoms with van der Waals surface area (Å²) in [5.74, 6) is 0. The summed E-state index contributed by atoms with van der Waals surface area (Å²) in [7, 11) is 0. The summed E-state index contributed by atoms with van der Waals surface area (Å²) in [5, 5.41) is 0. The minimum Gasteiger partial charge on any atom is -0.0955 e. The van der Waals surface area contributed by atoms with Crippen LogP contribution in [0.1, 0.15) is 30.5 Å². The van der Waals surface area contributed by atoms with Gasteiger partial charge in [-0.3, -0.25) is 0 Å². The lowest BCUT2D eigenvalue weighted by Gasteiger charge is -2.04. The minimum atomic E-state index is 1.12. The van der Waals surface area contributed by atoms with E-state index >= 15 is 0 Å². The van der Waals surface area contributed by atoms with E-state index in [0.717, 1.165) is 5.57 Å². The summed E-state index contributed by atoms with van der Waals surface area (Å²) >= 11 is 0. The average Bonchev–Trinajstić information content (AvgIpc) is 2.08. The van der Waals surface area contributed by atoms with Gasteiger partial charge in [-0.15, -0.1) is 0 Å². The Morgan fingerprint density at radius 1 is 1.38 bits per heavy atom. The normalized spacial score (nSPS) is 10.7. The molecule has 0 unspecified atom stereocenters. The van der Waals surface area contributed by atoms with Gasteiger partial charge >= 0.3 is 0 Å². The van der Waals surface area contributed by atoms with Gasteiger partial charge in [-0.1, -0.05) is 36.4 Å². The lowest BCUT2D eigenvalue weighted by Crippen LogP contribution is -1.84. The van der Waals surface area contributed by atoms with Crippen molar-refractivity contribution in [2.24, 2.45) is 0 Å². The molecule has 0 nitrogen and oxygen atoms in total. The van der Waals surface area contributed by atoms with E-state index in [4.69, 9.17) is 0 Å². The van der Waals surface area contributed by atoms with Crippen molar-refractivity contribution in [2.45, 2.75) is 20.8 Å². The fourth-order valence-corrected chi connectivity index (χ4v) is 1.27. The van der Waals surface area contributed by atoms with E-state index in [-0.39, 0.29) is 0 Å². The molecule has 0 N–H and O–H groups in total. The molecule has 0 fully saturated rings. The van der Waals surface area contributed by atoms with Crippen molar-refractivity contribution in [1.29, 1.82) is 0 Å². The zero-order chi connectivity index (χ0) is 9.84. The van der Waals surface area contributed by atoms with E-state index < -0.39 is 0 Å². The van der Waals surface area contributed by atoms with Gasteiger partial charge < -0.3 is 0 Å². The van der Waals surface area contributed by atoms with Gasteiger partial charge in [0, 0.05) is 0 Å². The van der Waals surface area contributed by atoms with E-state index in [9.17, 15) is 0 Å². The summed E-state index contributed by atoms with van der Waals surface area (Å²) in [5.41, 5.74) is 4.93. The highest BCUT2D eigenvalue weighted by Gasteiger charge is 1.97. The summed E-state index contributed by atoms with van der Waals surface area (Å²) < 4.78 is 0. The number of benzene rings is 1. The van der Waals surface area contributed by atoms with Gasteiger partial charge in [-0.25, -0.2) is 0 Å². The smallest absolute Gasteiger partial charge is 0.0225 e. The summed E-state index contributed by atoms with van der Waals surface area (Å²) in [6.07, 6.45) is 4.19. The zero-order valence-corrected chi connectivity index (χ0v) is 8.59. The van der Waals surface area contributed by atoms with Crippen molar-refractivity contribution in [1.82, 2.24) is 0 Å².